The van der Waals surface area contributed by atoms with E-state index in [-0.39, 0.29) is 5.56 Å². The van der Waals surface area contributed by atoms with Crippen molar-refractivity contribution < 1.29 is 14.6 Å². The predicted molar refractivity (Wildman–Crippen MR) is 85.8 cm³/mol. The molecule has 0 saturated carbocycles. The quantitative estimate of drug-likeness (QED) is 0.797. The van der Waals surface area contributed by atoms with Crippen LogP contribution < -0.4 is 4.74 Å². The lowest BCUT2D eigenvalue weighted by atomic mass is 10.2. The molecule has 1 aromatic carbocycles. The summed E-state index contributed by atoms with van der Waals surface area (Å²) in [6.45, 7) is 4.98. The summed E-state index contributed by atoms with van der Waals surface area (Å²) in [4.78, 5) is 11.1. The number of ether oxygens (including phenoxy) is 1. The van der Waals surface area contributed by atoms with Crippen molar-refractivity contribution in [2.75, 3.05) is 0 Å². The normalized spacial score (nSPS) is 10.7. The summed E-state index contributed by atoms with van der Waals surface area (Å²) in [5.41, 5.74) is 2.00. The molecule has 0 unspecified atom stereocenters. The van der Waals surface area contributed by atoms with E-state index in [9.17, 15) is 4.79 Å². The summed E-state index contributed by atoms with van der Waals surface area (Å²) < 4.78 is 9.00. The van der Waals surface area contributed by atoms with E-state index in [4.69, 9.17) is 9.84 Å². The number of rotatable bonds is 5. The number of carbonyl (C=O) groups is 1. The van der Waals surface area contributed by atoms with Crippen LogP contribution in [-0.4, -0.2) is 20.9 Å². The van der Waals surface area contributed by atoms with E-state index < -0.39 is 5.97 Å². The Hall–Kier alpha value is -1.34. The first-order valence-corrected chi connectivity index (χ1v) is 7.90. The molecule has 7 heteroatoms. The van der Waals surface area contributed by atoms with Gasteiger partial charge in [0.15, 0.2) is 0 Å². The van der Waals surface area contributed by atoms with E-state index in [2.05, 4.69) is 37.0 Å². The van der Waals surface area contributed by atoms with Crippen molar-refractivity contribution >= 4 is 37.8 Å². The van der Waals surface area contributed by atoms with E-state index in [1.807, 2.05) is 18.5 Å². The Morgan fingerprint density at radius 3 is 2.76 bits per heavy atom. The van der Waals surface area contributed by atoms with Crippen LogP contribution in [0, 0.1) is 6.92 Å². The molecule has 1 N–H and O–H groups in total. The number of hydrogen-bond acceptors (Lipinski definition) is 3. The maximum Gasteiger partial charge on any atom is 0.336 e. The summed E-state index contributed by atoms with van der Waals surface area (Å²) in [5.74, 6) is -0.494. The molecule has 21 heavy (non-hydrogen) atoms. The average Bonchev–Trinajstić information content (AvgIpc) is 2.73. The van der Waals surface area contributed by atoms with Crippen LogP contribution in [0.5, 0.6) is 5.75 Å². The van der Waals surface area contributed by atoms with Gasteiger partial charge in [-0.25, -0.2) is 4.79 Å². The number of halogens is 2. The Kier molecular flexibility index (Phi) is 5.05. The Morgan fingerprint density at radius 2 is 2.14 bits per heavy atom. The molecule has 5 nitrogen and oxygen atoms in total. The maximum absolute atomic E-state index is 11.1. The van der Waals surface area contributed by atoms with Crippen LogP contribution in [0.2, 0.25) is 0 Å². The fourth-order valence-corrected chi connectivity index (χ4v) is 2.73. The molecule has 0 radical (unpaired) electrons. The highest BCUT2D eigenvalue weighted by molar-refractivity contribution is 9.10. The molecule has 0 saturated heterocycles. The van der Waals surface area contributed by atoms with Gasteiger partial charge in [-0.2, -0.15) is 5.10 Å². The van der Waals surface area contributed by atoms with Gasteiger partial charge in [-0.1, -0.05) is 0 Å². The molecule has 112 valence electrons. The van der Waals surface area contributed by atoms with Gasteiger partial charge in [-0.15, -0.1) is 0 Å². The summed E-state index contributed by atoms with van der Waals surface area (Å²) >= 11 is 6.71. The molecule has 2 aromatic rings. The van der Waals surface area contributed by atoms with Crippen molar-refractivity contribution in [1.82, 2.24) is 9.78 Å². The molecule has 1 heterocycles. The minimum atomic E-state index is -0.997. The second-order valence-electron chi connectivity index (χ2n) is 4.40. The SMILES string of the molecule is CCn1nc(C)c(Br)c1COc1ccc(Br)c(C(=O)O)c1. The fourth-order valence-electron chi connectivity index (χ4n) is 1.92. The molecule has 2 rings (SSSR count). The second kappa shape index (κ2) is 6.62. The first-order valence-electron chi connectivity index (χ1n) is 6.31. The zero-order chi connectivity index (χ0) is 15.6. The van der Waals surface area contributed by atoms with E-state index >= 15 is 0 Å². The Labute approximate surface area is 139 Å². The van der Waals surface area contributed by atoms with Crippen LogP contribution in [0.25, 0.3) is 0 Å². The van der Waals surface area contributed by atoms with Gasteiger partial charge in [0.25, 0.3) is 0 Å². The van der Waals surface area contributed by atoms with Crippen molar-refractivity contribution in [3.05, 3.63) is 44.1 Å². The highest BCUT2D eigenvalue weighted by Crippen LogP contribution is 2.25. The lowest BCUT2D eigenvalue weighted by Gasteiger charge is -2.09. The molecule has 0 bridgehead atoms. The van der Waals surface area contributed by atoms with Crippen LogP contribution in [0.3, 0.4) is 0 Å². The monoisotopic (exact) mass is 416 g/mol. The molecule has 0 aliphatic rings. The fraction of sp³-hybridized carbons (Fsp3) is 0.286. The Morgan fingerprint density at radius 1 is 1.43 bits per heavy atom. The molecule has 0 aliphatic heterocycles. The number of benzene rings is 1. The van der Waals surface area contributed by atoms with Crippen LogP contribution in [0.1, 0.15) is 28.7 Å². The molecular weight excluding hydrogens is 404 g/mol. The third-order valence-corrected chi connectivity index (χ3v) is 4.72. The van der Waals surface area contributed by atoms with Crippen molar-refractivity contribution in [2.45, 2.75) is 27.0 Å². The van der Waals surface area contributed by atoms with E-state index in [0.29, 0.717) is 16.8 Å². The standard InChI is InChI=1S/C14H14Br2N2O3/c1-3-18-12(13(16)8(2)17-18)7-21-9-4-5-11(15)10(6-9)14(19)20/h4-6H,3,7H2,1-2H3,(H,19,20). The van der Waals surface area contributed by atoms with Crippen LogP contribution in [0.4, 0.5) is 0 Å². The summed E-state index contributed by atoms with van der Waals surface area (Å²) in [6, 6.07) is 4.89. The van der Waals surface area contributed by atoms with Gasteiger partial charge >= 0.3 is 5.97 Å². The average molecular weight is 418 g/mol. The summed E-state index contributed by atoms with van der Waals surface area (Å²) in [7, 11) is 0. The Bertz CT molecular complexity index is 683. The van der Waals surface area contributed by atoms with Crippen molar-refractivity contribution in [1.29, 1.82) is 0 Å². The first-order chi connectivity index (χ1) is 9.93. The van der Waals surface area contributed by atoms with Crippen molar-refractivity contribution in [3.8, 4) is 5.75 Å². The molecule has 0 aliphatic carbocycles. The lowest BCUT2D eigenvalue weighted by molar-refractivity contribution is 0.0695. The van der Waals surface area contributed by atoms with Gasteiger partial charge in [0, 0.05) is 11.0 Å². The molecular formula is C14H14Br2N2O3. The van der Waals surface area contributed by atoms with E-state index in [1.54, 1.807) is 12.1 Å². The largest absolute Gasteiger partial charge is 0.487 e. The topological polar surface area (TPSA) is 64.4 Å². The third kappa shape index (κ3) is 3.47. The van der Waals surface area contributed by atoms with Gasteiger partial charge < -0.3 is 9.84 Å². The van der Waals surface area contributed by atoms with Gasteiger partial charge in [-0.3, -0.25) is 4.68 Å². The number of hydrogen-bond donors (Lipinski definition) is 1. The number of carboxylic acids is 1. The lowest BCUT2D eigenvalue weighted by Crippen LogP contribution is -2.07. The van der Waals surface area contributed by atoms with E-state index in [1.165, 1.54) is 6.07 Å². The smallest absolute Gasteiger partial charge is 0.336 e. The number of nitrogens with zero attached hydrogens (tertiary/aromatic N) is 2. The zero-order valence-electron chi connectivity index (χ0n) is 11.6. The van der Waals surface area contributed by atoms with Gasteiger partial charge in [0.1, 0.15) is 12.4 Å². The van der Waals surface area contributed by atoms with E-state index in [0.717, 1.165) is 22.4 Å². The molecule has 0 atom stereocenters. The summed E-state index contributed by atoms with van der Waals surface area (Å²) in [5, 5.41) is 13.5. The highest BCUT2D eigenvalue weighted by atomic mass is 79.9. The number of aromatic nitrogens is 2. The van der Waals surface area contributed by atoms with Gasteiger partial charge in [0.05, 0.1) is 21.4 Å². The first kappa shape index (κ1) is 16.0. The van der Waals surface area contributed by atoms with Crippen LogP contribution in [-0.2, 0) is 13.2 Å². The zero-order valence-corrected chi connectivity index (χ0v) is 14.7. The Balaban J connectivity index is 2.21. The molecule has 0 amide bonds. The number of aromatic carboxylic acids is 1. The number of aryl methyl sites for hydroxylation is 2. The third-order valence-electron chi connectivity index (χ3n) is 3.00. The molecule has 1 aromatic heterocycles. The predicted octanol–water partition coefficient (Wildman–Crippen LogP) is 4.01. The van der Waals surface area contributed by atoms with Crippen molar-refractivity contribution in [2.24, 2.45) is 0 Å². The van der Waals surface area contributed by atoms with Crippen LogP contribution in [0.15, 0.2) is 27.1 Å². The summed E-state index contributed by atoms with van der Waals surface area (Å²) in [6.07, 6.45) is 0. The minimum absolute atomic E-state index is 0.173. The highest BCUT2D eigenvalue weighted by Gasteiger charge is 2.14. The van der Waals surface area contributed by atoms with Crippen molar-refractivity contribution in [3.63, 3.8) is 0 Å². The number of carboxylic acid groups (broad SMARTS) is 1. The van der Waals surface area contributed by atoms with Crippen LogP contribution >= 0.6 is 31.9 Å². The molecule has 0 spiro atoms. The van der Waals surface area contributed by atoms with Gasteiger partial charge in [-0.05, 0) is 63.9 Å². The second-order valence-corrected chi connectivity index (χ2v) is 6.04. The van der Waals surface area contributed by atoms with Gasteiger partial charge in [0.2, 0.25) is 0 Å². The minimum Gasteiger partial charge on any atom is -0.487 e. The maximum atomic E-state index is 11.1. The molecule has 0 fully saturated rings.